The molecule has 11 nitrogen and oxygen atoms in total. The Balaban J connectivity index is 4.29. The van der Waals surface area contributed by atoms with Crippen LogP contribution in [0.4, 0.5) is 0 Å². The van der Waals surface area contributed by atoms with Crippen molar-refractivity contribution in [1.82, 2.24) is 0 Å². The Bertz CT molecular complexity index is 1400. The minimum absolute atomic E-state index is 0.149. The summed E-state index contributed by atoms with van der Waals surface area (Å²) in [6.45, 7) is 2.57. The zero-order chi connectivity index (χ0) is 47.0. The summed E-state index contributed by atoms with van der Waals surface area (Å²) in [5.41, 5.74) is 5.35. The van der Waals surface area contributed by atoms with Gasteiger partial charge in [-0.15, -0.1) is 0 Å². The Morgan fingerprint density at radius 2 is 0.828 bits per heavy atom. The van der Waals surface area contributed by atoms with Crippen LogP contribution >= 0.6 is 7.82 Å². The number of ether oxygens (including phenoxy) is 2. The Morgan fingerprint density at radius 3 is 1.23 bits per heavy atom. The largest absolute Gasteiger partial charge is 0.480 e. The molecule has 0 saturated heterocycles. The van der Waals surface area contributed by atoms with E-state index >= 15 is 0 Å². The van der Waals surface area contributed by atoms with Crippen molar-refractivity contribution in [3.05, 3.63) is 85.1 Å². The predicted molar refractivity (Wildman–Crippen MR) is 263 cm³/mol. The maximum absolute atomic E-state index is 12.7. The second-order valence-corrected chi connectivity index (χ2v) is 17.6. The summed E-state index contributed by atoms with van der Waals surface area (Å²) >= 11 is 0. The zero-order valence-corrected chi connectivity index (χ0v) is 40.7. The summed E-state index contributed by atoms with van der Waals surface area (Å²) in [7, 11) is -4.73. The van der Waals surface area contributed by atoms with Crippen LogP contribution in [0.3, 0.4) is 0 Å². The standard InChI is InChI=1S/C52H88NO10P/c1-3-5-7-9-11-13-15-17-19-21-22-23-24-25-26-28-30-32-34-36-38-40-42-44-51(55)63-48(46-61-64(58,59)62-47-49(53)52(56)57)45-60-50(54)43-41-39-37-35-33-31-29-27-20-18-16-14-12-10-8-6-4-2/h5-8,11-14,17-20,22-23,48-49H,3-4,9-10,15-16,21,24-47,53H2,1-2H3,(H,56,57)(H,58,59)/b7-5-,8-6-,13-11-,14-12-,19-17-,20-18-,23-22-. The summed E-state index contributed by atoms with van der Waals surface area (Å²) in [6.07, 6.45) is 57.8. The van der Waals surface area contributed by atoms with Crippen molar-refractivity contribution >= 4 is 25.7 Å². The van der Waals surface area contributed by atoms with Crippen molar-refractivity contribution < 1.29 is 47.5 Å². The maximum atomic E-state index is 12.7. The van der Waals surface area contributed by atoms with Crippen LogP contribution in [0.25, 0.3) is 0 Å². The molecule has 366 valence electrons. The van der Waals surface area contributed by atoms with E-state index in [-0.39, 0.29) is 19.4 Å². The number of carboxylic acids is 1. The van der Waals surface area contributed by atoms with Gasteiger partial charge in [0.15, 0.2) is 6.10 Å². The van der Waals surface area contributed by atoms with E-state index in [0.29, 0.717) is 12.8 Å². The molecule has 0 aromatic carbocycles. The second kappa shape index (κ2) is 46.2. The van der Waals surface area contributed by atoms with Gasteiger partial charge in [0, 0.05) is 12.8 Å². The lowest BCUT2D eigenvalue weighted by Gasteiger charge is -2.20. The third-order valence-electron chi connectivity index (χ3n) is 10.1. The minimum Gasteiger partial charge on any atom is -0.480 e. The molecule has 0 heterocycles. The monoisotopic (exact) mass is 918 g/mol. The highest BCUT2D eigenvalue weighted by Crippen LogP contribution is 2.43. The molecule has 0 fully saturated rings. The molecule has 0 aliphatic rings. The number of phosphoric acid groups is 1. The lowest BCUT2D eigenvalue weighted by Crippen LogP contribution is -2.34. The molecule has 0 saturated carbocycles. The van der Waals surface area contributed by atoms with E-state index in [2.05, 4.69) is 103 Å². The molecule has 0 rings (SSSR count). The molecule has 3 atom stereocenters. The van der Waals surface area contributed by atoms with E-state index in [4.69, 9.17) is 24.8 Å². The topological polar surface area (TPSA) is 172 Å². The number of carbonyl (C=O) groups is 3. The van der Waals surface area contributed by atoms with Crippen LogP contribution < -0.4 is 5.73 Å². The number of unbranched alkanes of at least 4 members (excludes halogenated alkanes) is 17. The normalized spacial score (nSPS) is 14.3. The van der Waals surface area contributed by atoms with Crippen molar-refractivity contribution in [1.29, 1.82) is 0 Å². The van der Waals surface area contributed by atoms with Gasteiger partial charge in [-0.25, -0.2) is 4.57 Å². The van der Waals surface area contributed by atoms with Gasteiger partial charge in [-0.05, 0) is 83.5 Å². The van der Waals surface area contributed by atoms with Crippen LogP contribution in [0.2, 0.25) is 0 Å². The van der Waals surface area contributed by atoms with Gasteiger partial charge in [-0.2, -0.15) is 0 Å². The molecule has 4 N–H and O–H groups in total. The van der Waals surface area contributed by atoms with Crippen LogP contribution in [0.1, 0.15) is 194 Å². The number of rotatable bonds is 45. The van der Waals surface area contributed by atoms with Crippen molar-refractivity contribution in [2.75, 3.05) is 19.8 Å². The molecular formula is C52H88NO10P. The average molecular weight is 918 g/mol. The van der Waals surface area contributed by atoms with E-state index in [1.807, 2.05) is 0 Å². The minimum atomic E-state index is -4.73. The third-order valence-corrected chi connectivity index (χ3v) is 11.1. The fourth-order valence-electron chi connectivity index (χ4n) is 6.36. The maximum Gasteiger partial charge on any atom is 0.472 e. The molecule has 0 aromatic rings. The highest BCUT2D eigenvalue weighted by Gasteiger charge is 2.28. The number of esters is 2. The van der Waals surface area contributed by atoms with E-state index in [0.717, 1.165) is 103 Å². The molecule has 0 bridgehead atoms. The molecule has 0 aliphatic heterocycles. The Hall–Kier alpha value is -3.34. The predicted octanol–water partition coefficient (Wildman–Crippen LogP) is 13.8. The van der Waals surface area contributed by atoms with Gasteiger partial charge in [0.25, 0.3) is 0 Å². The highest BCUT2D eigenvalue weighted by molar-refractivity contribution is 7.47. The molecule has 64 heavy (non-hydrogen) atoms. The lowest BCUT2D eigenvalue weighted by atomic mass is 10.0. The Morgan fingerprint density at radius 1 is 0.484 bits per heavy atom. The fourth-order valence-corrected chi connectivity index (χ4v) is 7.14. The molecule has 0 amide bonds. The summed E-state index contributed by atoms with van der Waals surface area (Å²) in [6, 6.07) is -1.53. The number of nitrogens with two attached hydrogens (primary N) is 1. The molecule has 3 unspecified atom stereocenters. The van der Waals surface area contributed by atoms with Crippen LogP contribution in [-0.4, -0.2) is 59.9 Å². The summed E-state index contributed by atoms with van der Waals surface area (Å²) in [5, 5.41) is 8.92. The van der Waals surface area contributed by atoms with Gasteiger partial charge in [0.05, 0.1) is 13.2 Å². The van der Waals surface area contributed by atoms with Crippen LogP contribution in [0.5, 0.6) is 0 Å². The quantitative estimate of drug-likeness (QED) is 0.0230. The molecule has 12 heteroatoms. The van der Waals surface area contributed by atoms with Gasteiger partial charge in [-0.1, -0.05) is 182 Å². The third kappa shape index (κ3) is 45.2. The molecule has 0 aliphatic carbocycles. The first-order chi connectivity index (χ1) is 31.1. The number of allylic oxidation sites excluding steroid dienone is 14. The Labute approximate surface area is 388 Å². The van der Waals surface area contributed by atoms with Crippen molar-refractivity contribution in [2.45, 2.75) is 206 Å². The van der Waals surface area contributed by atoms with Crippen molar-refractivity contribution in [3.8, 4) is 0 Å². The molecule has 0 radical (unpaired) electrons. The van der Waals surface area contributed by atoms with E-state index in [9.17, 15) is 23.8 Å². The number of carboxylic acid groups (broad SMARTS) is 1. The smallest absolute Gasteiger partial charge is 0.472 e. The molecule has 0 aromatic heterocycles. The number of hydrogen-bond acceptors (Lipinski definition) is 9. The van der Waals surface area contributed by atoms with E-state index in [1.54, 1.807) is 0 Å². The van der Waals surface area contributed by atoms with Crippen molar-refractivity contribution in [2.24, 2.45) is 5.73 Å². The first kappa shape index (κ1) is 60.7. The highest BCUT2D eigenvalue weighted by atomic mass is 31.2. The summed E-state index contributed by atoms with van der Waals surface area (Å²) < 4.78 is 32.8. The number of phosphoric ester groups is 1. The SMILES string of the molecule is CC/C=C\C/C=C\C/C=C\C/C=C\CCCCCCCCCCCCC(=O)OC(COC(=O)CCCCCCCCC/C=C\C/C=C\C/C=C\CC)COP(=O)(O)OCC(N)C(=O)O. The van der Waals surface area contributed by atoms with Crippen molar-refractivity contribution in [3.63, 3.8) is 0 Å². The van der Waals surface area contributed by atoms with Gasteiger partial charge in [-0.3, -0.25) is 23.4 Å². The number of hydrogen-bond donors (Lipinski definition) is 3. The first-order valence-corrected chi connectivity index (χ1v) is 26.1. The summed E-state index contributed by atoms with van der Waals surface area (Å²) in [4.78, 5) is 46.2. The molecular weight excluding hydrogens is 830 g/mol. The van der Waals surface area contributed by atoms with Crippen LogP contribution in [0, 0.1) is 0 Å². The van der Waals surface area contributed by atoms with Gasteiger partial charge in [0.1, 0.15) is 12.6 Å². The van der Waals surface area contributed by atoms with E-state index in [1.165, 1.54) is 51.4 Å². The van der Waals surface area contributed by atoms with Gasteiger partial charge < -0.3 is 25.2 Å². The summed E-state index contributed by atoms with van der Waals surface area (Å²) in [5.74, 6) is -2.40. The molecule has 0 spiro atoms. The zero-order valence-electron chi connectivity index (χ0n) is 39.8. The van der Waals surface area contributed by atoms with Gasteiger partial charge in [0.2, 0.25) is 0 Å². The van der Waals surface area contributed by atoms with Crippen LogP contribution in [0.15, 0.2) is 85.1 Å². The number of aliphatic carboxylic acids is 1. The average Bonchev–Trinajstić information content (AvgIpc) is 3.27. The Kier molecular flexibility index (Phi) is 43.8. The first-order valence-electron chi connectivity index (χ1n) is 24.6. The number of carbonyl (C=O) groups excluding carboxylic acids is 2. The van der Waals surface area contributed by atoms with Crippen LogP contribution in [-0.2, 0) is 37.5 Å². The van der Waals surface area contributed by atoms with E-state index < -0.39 is 51.1 Å². The second-order valence-electron chi connectivity index (χ2n) is 16.2. The van der Waals surface area contributed by atoms with Gasteiger partial charge >= 0.3 is 25.7 Å². The lowest BCUT2D eigenvalue weighted by molar-refractivity contribution is -0.161. The fraction of sp³-hybridized carbons (Fsp3) is 0.673.